The molecule has 1 aromatic carbocycles. The fourth-order valence-electron chi connectivity index (χ4n) is 1.75. The molecule has 0 aliphatic heterocycles. The predicted molar refractivity (Wildman–Crippen MR) is 80.2 cm³/mol. The standard InChI is InChI=1S/C15H19N3S/c1-2-8-17-15(14-11-16-9-10-18-14)12-19-13-6-4-3-5-7-13/h3-7,9-11,15,17H,2,8,12H2,1H3. The second kappa shape index (κ2) is 7.92. The van der Waals surface area contributed by atoms with Crippen molar-refractivity contribution >= 4 is 11.8 Å². The van der Waals surface area contributed by atoms with E-state index in [9.17, 15) is 0 Å². The minimum absolute atomic E-state index is 0.249. The molecule has 0 saturated heterocycles. The molecule has 1 aromatic heterocycles. The average Bonchev–Trinajstić information content (AvgIpc) is 2.49. The Morgan fingerprint density at radius 2 is 2.05 bits per heavy atom. The molecule has 0 radical (unpaired) electrons. The van der Waals surface area contributed by atoms with E-state index in [1.807, 2.05) is 24.0 Å². The first-order valence-electron chi connectivity index (χ1n) is 6.57. The number of hydrogen-bond donors (Lipinski definition) is 1. The van der Waals surface area contributed by atoms with Gasteiger partial charge in [0, 0.05) is 29.2 Å². The van der Waals surface area contributed by atoms with E-state index in [0.29, 0.717) is 0 Å². The van der Waals surface area contributed by atoms with Crippen LogP contribution >= 0.6 is 11.8 Å². The van der Waals surface area contributed by atoms with Crippen LogP contribution in [-0.4, -0.2) is 22.3 Å². The van der Waals surface area contributed by atoms with Gasteiger partial charge in [0.15, 0.2) is 0 Å². The van der Waals surface area contributed by atoms with Crippen molar-refractivity contribution in [2.45, 2.75) is 24.3 Å². The first-order chi connectivity index (χ1) is 9.40. The van der Waals surface area contributed by atoms with E-state index in [1.165, 1.54) is 4.90 Å². The summed E-state index contributed by atoms with van der Waals surface area (Å²) in [6, 6.07) is 10.7. The highest BCUT2D eigenvalue weighted by atomic mass is 32.2. The number of rotatable bonds is 7. The van der Waals surface area contributed by atoms with Crippen molar-refractivity contribution in [2.24, 2.45) is 0 Å². The summed E-state index contributed by atoms with van der Waals surface area (Å²) in [6.45, 7) is 3.17. The molecule has 0 amide bonds. The van der Waals surface area contributed by atoms with Gasteiger partial charge in [-0.1, -0.05) is 25.1 Å². The fourth-order valence-corrected chi connectivity index (χ4v) is 2.75. The van der Waals surface area contributed by atoms with Crippen molar-refractivity contribution in [1.82, 2.24) is 15.3 Å². The molecule has 3 nitrogen and oxygen atoms in total. The molecule has 0 fully saturated rings. The molecule has 0 bridgehead atoms. The topological polar surface area (TPSA) is 37.8 Å². The van der Waals surface area contributed by atoms with Gasteiger partial charge in [-0.2, -0.15) is 0 Å². The van der Waals surface area contributed by atoms with Crippen LogP contribution in [0.3, 0.4) is 0 Å². The van der Waals surface area contributed by atoms with Gasteiger partial charge in [0.25, 0.3) is 0 Å². The van der Waals surface area contributed by atoms with Crippen LogP contribution in [0.4, 0.5) is 0 Å². The highest BCUT2D eigenvalue weighted by Crippen LogP contribution is 2.23. The van der Waals surface area contributed by atoms with Gasteiger partial charge in [-0.15, -0.1) is 11.8 Å². The summed E-state index contributed by atoms with van der Waals surface area (Å²) in [5.74, 6) is 0.961. The average molecular weight is 273 g/mol. The van der Waals surface area contributed by atoms with E-state index in [-0.39, 0.29) is 6.04 Å². The number of aromatic nitrogens is 2. The Bertz CT molecular complexity index is 461. The lowest BCUT2D eigenvalue weighted by Crippen LogP contribution is -2.25. The van der Waals surface area contributed by atoms with Crippen LogP contribution in [0.25, 0.3) is 0 Å². The van der Waals surface area contributed by atoms with Crippen molar-refractivity contribution in [2.75, 3.05) is 12.3 Å². The lowest BCUT2D eigenvalue weighted by Gasteiger charge is -2.17. The van der Waals surface area contributed by atoms with Gasteiger partial charge in [-0.05, 0) is 25.1 Å². The third kappa shape index (κ3) is 4.65. The molecule has 0 aliphatic rings. The number of hydrogen-bond acceptors (Lipinski definition) is 4. The number of nitrogens with one attached hydrogen (secondary N) is 1. The lowest BCUT2D eigenvalue weighted by atomic mass is 10.2. The van der Waals surface area contributed by atoms with E-state index in [0.717, 1.165) is 24.4 Å². The minimum atomic E-state index is 0.249. The lowest BCUT2D eigenvalue weighted by molar-refractivity contribution is 0.563. The molecule has 100 valence electrons. The van der Waals surface area contributed by atoms with Gasteiger partial charge in [-0.3, -0.25) is 9.97 Å². The quantitative estimate of drug-likeness (QED) is 0.785. The highest BCUT2D eigenvalue weighted by molar-refractivity contribution is 7.99. The van der Waals surface area contributed by atoms with Crippen molar-refractivity contribution in [3.8, 4) is 0 Å². The number of nitrogens with zero attached hydrogens (tertiary/aromatic N) is 2. The predicted octanol–water partition coefficient (Wildman–Crippen LogP) is 3.31. The molecule has 4 heteroatoms. The van der Waals surface area contributed by atoms with Crippen molar-refractivity contribution in [3.05, 3.63) is 54.6 Å². The summed E-state index contributed by atoms with van der Waals surface area (Å²) in [7, 11) is 0. The van der Waals surface area contributed by atoms with Gasteiger partial charge in [0.1, 0.15) is 0 Å². The van der Waals surface area contributed by atoms with Crippen LogP contribution < -0.4 is 5.32 Å². The van der Waals surface area contributed by atoms with Crippen molar-refractivity contribution in [1.29, 1.82) is 0 Å². The summed E-state index contributed by atoms with van der Waals surface area (Å²) in [4.78, 5) is 9.85. The molecule has 19 heavy (non-hydrogen) atoms. The van der Waals surface area contributed by atoms with Gasteiger partial charge in [-0.25, -0.2) is 0 Å². The molecule has 1 N–H and O–H groups in total. The summed E-state index contributed by atoms with van der Waals surface area (Å²) in [6.07, 6.45) is 6.43. The van der Waals surface area contributed by atoms with Crippen LogP contribution in [0.5, 0.6) is 0 Å². The van der Waals surface area contributed by atoms with Crippen LogP contribution in [0.1, 0.15) is 25.1 Å². The van der Waals surface area contributed by atoms with Gasteiger partial charge < -0.3 is 5.32 Å². The Kier molecular flexibility index (Phi) is 5.85. The zero-order valence-electron chi connectivity index (χ0n) is 11.1. The Morgan fingerprint density at radius 3 is 2.74 bits per heavy atom. The maximum Gasteiger partial charge on any atom is 0.0764 e. The second-order valence-corrected chi connectivity index (χ2v) is 5.35. The highest BCUT2D eigenvalue weighted by Gasteiger charge is 2.12. The molecule has 2 aromatic rings. The normalized spacial score (nSPS) is 12.3. The second-order valence-electron chi connectivity index (χ2n) is 4.26. The van der Waals surface area contributed by atoms with E-state index in [4.69, 9.17) is 0 Å². The molecule has 0 spiro atoms. The number of thioether (sulfide) groups is 1. The van der Waals surface area contributed by atoms with Crippen molar-refractivity contribution < 1.29 is 0 Å². The number of benzene rings is 1. The third-order valence-corrected chi connectivity index (χ3v) is 3.85. The Labute approximate surface area is 118 Å². The molecule has 1 unspecified atom stereocenters. The van der Waals surface area contributed by atoms with Crippen LogP contribution in [0.15, 0.2) is 53.8 Å². The van der Waals surface area contributed by atoms with Crippen molar-refractivity contribution in [3.63, 3.8) is 0 Å². The minimum Gasteiger partial charge on any atom is -0.308 e. The van der Waals surface area contributed by atoms with Crippen LogP contribution in [0, 0.1) is 0 Å². The zero-order valence-corrected chi connectivity index (χ0v) is 11.9. The first kappa shape index (κ1) is 14.0. The maximum atomic E-state index is 4.41. The molecular formula is C15H19N3S. The molecular weight excluding hydrogens is 254 g/mol. The largest absolute Gasteiger partial charge is 0.308 e. The van der Waals surface area contributed by atoms with Crippen LogP contribution in [-0.2, 0) is 0 Å². The Hall–Kier alpha value is -1.39. The summed E-state index contributed by atoms with van der Waals surface area (Å²) in [5.41, 5.74) is 1.01. The van der Waals surface area contributed by atoms with E-state index in [1.54, 1.807) is 12.4 Å². The molecule has 0 saturated carbocycles. The maximum absolute atomic E-state index is 4.41. The van der Waals surface area contributed by atoms with E-state index >= 15 is 0 Å². The van der Waals surface area contributed by atoms with Gasteiger partial charge >= 0.3 is 0 Å². The molecule has 2 rings (SSSR count). The van der Waals surface area contributed by atoms with Gasteiger partial charge in [0.05, 0.1) is 11.7 Å². The van der Waals surface area contributed by atoms with Gasteiger partial charge in [0.2, 0.25) is 0 Å². The zero-order chi connectivity index (χ0) is 13.3. The molecule has 0 aliphatic carbocycles. The monoisotopic (exact) mass is 273 g/mol. The summed E-state index contributed by atoms with van der Waals surface area (Å²) < 4.78 is 0. The first-order valence-corrected chi connectivity index (χ1v) is 7.56. The Balaban J connectivity index is 1.98. The van der Waals surface area contributed by atoms with E-state index < -0.39 is 0 Å². The summed E-state index contributed by atoms with van der Waals surface area (Å²) in [5, 5.41) is 3.53. The summed E-state index contributed by atoms with van der Waals surface area (Å²) >= 11 is 1.84. The third-order valence-electron chi connectivity index (χ3n) is 2.74. The SMILES string of the molecule is CCCNC(CSc1ccccc1)c1cnccn1. The molecule has 1 heterocycles. The van der Waals surface area contributed by atoms with Crippen LogP contribution in [0.2, 0.25) is 0 Å². The fraction of sp³-hybridized carbons (Fsp3) is 0.333. The van der Waals surface area contributed by atoms with E-state index in [2.05, 4.69) is 46.5 Å². The Morgan fingerprint density at radius 1 is 1.21 bits per heavy atom. The smallest absolute Gasteiger partial charge is 0.0764 e. The molecule has 1 atom stereocenters.